The maximum absolute atomic E-state index is 13.4. The monoisotopic (exact) mass is 794 g/mol. The molecule has 1 unspecified atom stereocenters. The molecule has 3 fully saturated rings. The number of nitriles is 1. The van der Waals surface area contributed by atoms with Gasteiger partial charge in [-0.2, -0.15) is 5.26 Å². The van der Waals surface area contributed by atoms with Crippen LogP contribution in [0.3, 0.4) is 0 Å². The number of imide groups is 2. The van der Waals surface area contributed by atoms with Crippen molar-refractivity contribution in [3.05, 3.63) is 93.5 Å². The molecule has 1 aliphatic carbocycles. The fourth-order valence-electron chi connectivity index (χ4n) is 8.99. The number of carbonyl (C=O) groups excluding carboxylic acids is 5. The number of ether oxygens (including phenoxy) is 2. The van der Waals surface area contributed by atoms with Gasteiger partial charge in [0.2, 0.25) is 11.8 Å². The lowest BCUT2D eigenvalue weighted by Gasteiger charge is -2.63. The number of hydrogen-bond donors (Lipinski definition) is 2. The van der Waals surface area contributed by atoms with Crippen LogP contribution in [0.5, 0.6) is 11.5 Å². The van der Waals surface area contributed by atoms with E-state index in [9.17, 15) is 29.2 Å². The number of piperazine rings is 1. The molecule has 2 saturated heterocycles. The van der Waals surface area contributed by atoms with Gasteiger partial charge in [0.1, 0.15) is 36.3 Å². The van der Waals surface area contributed by atoms with E-state index in [2.05, 4.69) is 54.2 Å². The minimum atomic E-state index is -1.00. The highest BCUT2D eigenvalue weighted by atomic mass is 35.5. The van der Waals surface area contributed by atoms with Crippen LogP contribution in [-0.4, -0.2) is 108 Å². The quantitative estimate of drug-likeness (QED) is 0.251. The number of nitrogens with one attached hydrogen (secondary N) is 2. The molecule has 3 aliphatic heterocycles. The van der Waals surface area contributed by atoms with E-state index in [0.717, 1.165) is 49.6 Å². The van der Waals surface area contributed by atoms with E-state index in [1.54, 1.807) is 36.4 Å². The third-order valence-electron chi connectivity index (χ3n) is 11.9. The van der Waals surface area contributed by atoms with Crippen LogP contribution in [0.2, 0.25) is 5.02 Å². The highest BCUT2D eigenvalue weighted by Crippen LogP contribution is 2.55. The molecule has 57 heavy (non-hydrogen) atoms. The van der Waals surface area contributed by atoms with Crippen LogP contribution in [-0.2, 0) is 16.0 Å². The molecule has 2 N–H and O–H groups in total. The summed E-state index contributed by atoms with van der Waals surface area (Å²) < 4.78 is 12.3. The molecular weight excluding hydrogens is 748 g/mol. The van der Waals surface area contributed by atoms with E-state index in [1.165, 1.54) is 0 Å². The predicted molar refractivity (Wildman–Crippen MR) is 211 cm³/mol. The summed E-state index contributed by atoms with van der Waals surface area (Å²) in [5, 5.41) is 15.0. The van der Waals surface area contributed by atoms with Crippen molar-refractivity contribution in [3.63, 3.8) is 0 Å². The van der Waals surface area contributed by atoms with Gasteiger partial charge < -0.3 is 19.7 Å². The van der Waals surface area contributed by atoms with Crippen LogP contribution in [0.25, 0.3) is 0 Å². The lowest BCUT2D eigenvalue weighted by molar-refractivity contribution is -0.164. The number of benzene rings is 3. The number of hydrogen-bond acceptors (Lipinski definition) is 10. The van der Waals surface area contributed by atoms with Crippen molar-refractivity contribution in [1.82, 2.24) is 25.3 Å². The van der Waals surface area contributed by atoms with Crippen LogP contribution in [0.15, 0.2) is 60.7 Å². The zero-order chi connectivity index (χ0) is 40.6. The Balaban J connectivity index is 0.824. The van der Waals surface area contributed by atoms with E-state index in [1.807, 2.05) is 24.3 Å². The minimum Gasteiger partial charge on any atom is -0.492 e. The van der Waals surface area contributed by atoms with Crippen LogP contribution < -0.4 is 20.1 Å². The fraction of sp³-hybridized carbons (Fsp3) is 0.442. The predicted octanol–water partition coefficient (Wildman–Crippen LogP) is 4.46. The van der Waals surface area contributed by atoms with E-state index in [0.29, 0.717) is 40.8 Å². The first kappa shape index (κ1) is 39.9. The molecule has 7 rings (SSSR count). The molecule has 0 radical (unpaired) electrons. The molecule has 4 aliphatic rings. The lowest BCUT2D eigenvalue weighted by Crippen LogP contribution is -2.74. The summed E-state index contributed by atoms with van der Waals surface area (Å²) in [6.45, 7) is 14.0. The number of amides is 5. The normalized spacial score (nSPS) is 22.9. The maximum Gasteiger partial charge on any atom is 0.262 e. The minimum absolute atomic E-state index is 0.0703. The van der Waals surface area contributed by atoms with Crippen LogP contribution in [0, 0.1) is 22.2 Å². The number of nitrogens with zero attached hydrogens (tertiary/aromatic N) is 4. The third-order valence-corrected chi connectivity index (χ3v) is 12.2. The van der Waals surface area contributed by atoms with Gasteiger partial charge in [0, 0.05) is 74.2 Å². The maximum atomic E-state index is 13.4. The first-order chi connectivity index (χ1) is 27.2. The SMILES string of the molecule is CC1(C)C(NC(=O)c2ccc(CCN3CCN(CCOc4ccc5c(c4)C(=O)N(C4CCC(=O)NC4=O)C5=O)CC3)cc2)C(C)(C)C1Oc1ccc(C#N)c(Cl)c1. The van der Waals surface area contributed by atoms with E-state index >= 15 is 0 Å². The average Bonchev–Trinajstić information content (AvgIpc) is 3.43. The Bertz CT molecular complexity index is 2120. The Labute approximate surface area is 337 Å². The Hall–Kier alpha value is -5.29. The largest absolute Gasteiger partial charge is 0.492 e. The Morgan fingerprint density at radius 1 is 0.877 bits per heavy atom. The van der Waals surface area contributed by atoms with Crippen molar-refractivity contribution < 1.29 is 33.4 Å². The van der Waals surface area contributed by atoms with Gasteiger partial charge in [-0.25, -0.2) is 0 Å². The molecule has 298 valence electrons. The lowest BCUT2D eigenvalue weighted by atomic mass is 9.49. The molecule has 3 aromatic rings. The van der Waals surface area contributed by atoms with E-state index < -0.39 is 29.7 Å². The molecule has 0 aromatic heterocycles. The van der Waals surface area contributed by atoms with Crippen molar-refractivity contribution in [2.45, 2.75) is 65.1 Å². The van der Waals surface area contributed by atoms with Gasteiger partial charge in [-0.3, -0.25) is 39.1 Å². The van der Waals surface area contributed by atoms with E-state index in [4.69, 9.17) is 21.1 Å². The van der Waals surface area contributed by atoms with Crippen molar-refractivity contribution >= 4 is 41.1 Å². The molecule has 0 spiro atoms. The van der Waals surface area contributed by atoms with Gasteiger partial charge in [0.25, 0.3) is 17.7 Å². The van der Waals surface area contributed by atoms with Crippen molar-refractivity contribution in [2.75, 3.05) is 45.9 Å². The second-order valence-corrected chi connectivity index (χ2v) is 16.8. The number of fused-ring (bicyclic) bond motifs is 1. The number of carbonyl (C=O) groups is 5. The third kappa shape index (κ3) is 7.99. The standard InChI is InChI=1S/C43H47ClN6O7/c1-42(2)40(43(3,4)41(42)57-30-10-9-28(25-45)33(44)24-30)47-36(52)27-7-5-26(6-8-27)15-16-48-17-19-49(20-18-48)21-22-56-29-11-12-31-32(23-29)39(55)50(38(31)54)34-13-14-35(51)46-37(34)53/h5-12,23-24,34,40-41H,13-22H2,1-4H3,(H,47,52)(H,46,51,53). The van der Waals surface area contributed by atoms with Gasteiger partial charge in [-0.15, -0.1) is 0 Å². The number of rotatable bonds is 12. The summed E-state index contributed by atoms with van der Waals surface area (Å²) in [6.07, 6.45) is 0.864. The second kappa shape index (κ2) is 15.9. The molecule has 13 nitrogen and oxygen atoms in total. The molecule has 3 aromatic carbocycles. The van der Waals surface area contributed by atoms with Crippen molar-refractivity contribution in [2.24, 2.45) is 10.8 Å². The molecule has 1 atom stereocenters. The summed E-state index contributed by atoms with van der Waals surface area (Å²) in [6, 6.07) is 18.6. The van der Waals surface area contributed by atoms with E-state index in [-0.39, 0.29) is 52.9 Å². The summed E-state index contributed by atoms with van der Waals surface area (Å²) in [5.74, 6) is -1.20. The van der Waals surface area contributed by atoms with Gasteiger partial charge in [-0.1, -0.05) is 51.4 Å². The first-order valence-electron chi connectivity index (χ1n) is 19.4. The van der Waals surface area contributed by atoms with Crippen LogP contribution in [0.1, 0.15) is 82.7 Å². The molecule has 14 heteroatoms. The van der Waals surface area contributed by atoms with Crippen LogP contribution in [0.4, 0.5) is 0 Å². The van der Waals surface area contributed by atoms with Gasteiger partial charge >= 0.3 is 0 Å². The van der Waals surface area contributed by atoms with Crippen molar-refractivity contribution in [3.8, 4) is 17.6 Å². The molecular formula is C43H47ClN6O7. The van der Waals surface area contributed by atoms with Crippen molar-refractivity contribution in [1.29, 1.82) is 5.26 Å². The Morgan fingerprint density at radius 3 is 2.18 bits per heavy atom. The van der Waals surface area contributed by atoms with Gasteiger partial charge in [0.15, 0.2) is 0 Å². The zero-order valence-corrected chi connectivity index (χ0v) is 33.4. The van der Waals surface area contributed by atoms with Gasteiger partial charge in [0.05, 0.1) is 21.7 Å². The summed E-state index contributed by atoms with van der Waals surface area (Å²) in [5.41, 5.74) is 1.88. The average molecular weight is 795 g/mol. The first-order valence-corrected chi connectivity index (χ1v) is 19.7. The smallest absolute Gasteiger partial charge is 0.262 e. The Morgan fingerprint density at radius 2 is 1.53 bits per heavy atom. The number of piperidine rings is 1. The molecule has 5 amide bonds. The summed E-state index contributed by atoms with van der Waals surface area (Å²) in [4.78, 5) is 69.1. The highest BCUT2D eigenvalue weighted by molar-refractivity contribution is 6.31. The number of halogens is 1. The topological polar surface area (TPSA) is 161 Å². The van der Waals surface area contributed by atoms with Crippen LogP contribution >= 0.6 is 11.6 Å². The second-order valence-electron chi connectivity index (χ2n) is 16.4. The Kier molecular flexibility index (Phi) is 11.2. The summed E-state index contributed by atoms with van der Waals surface area (Å²) in [7, 11) is 0. The molecule has 0 bridgehead atoms. The van der Waals surface area contributed by atoms with Gasteiger partial charge in [-0.05, 0) is 60.9 Å². The molecule has 3 heterocycles. The zero-order valence-electron chi connectivity index (χ0n) is 32.6. The molecule has 1 saturated carbocycles. The summed E-state index contributed by atoms with van der Waals surface area (Å²) >= 11 is 6.23. The fourth-order valence-corrected chi connectivity index (χ4v) is 9.20. The highest BCUT2D eigenvalue weighted by Gasteiger charge is 2.64.